The lowest BCUT2D eigenvalue weighted by molar-refractivity contribution is 0.188. The van der Waals surface area contributed by atoms with Crippen LogP contribution in [-0.4, -0.2) is 66.8 Å². The number of anilines is 1. The second-order valence-corrected chi connectivity index (χ2v) is 8.86. The van der Waals surface area contributed by atoms with Gasteiger partial charge in [-0.3, -0.25) is 0 Å². The monoisotopic (exact) mass is 418 g/mol. The van der Waals surface area contributed by atoms with Gasteiger partial charge in [-0.25, -0.2) is 0 Å². The van der Waals surface area contributed by atoms with Crippen LogP contribution in [-0.2, 0) is 12.8 Å². The predicted molar refractivity (Wildman–Crippen MR) is 120 cm³/mol. The van der Waals surface area contributed by atoms with Gasteiger partial charge in [-0.1, -0.05) is 24.3 Å². The molecule has 0 spiro atoms. The van der Waals surface area contributed by atoms with Crippen LogP contribution >= 0.6 is 0 Å². The van der Waals surface area contributed by atoms with Gasteiger partial charge in [0.2, 0.25) is 0 Å². The highest BCUT2D eigenvalue weighted by atomic mass is 16.5. The lowest BCUT2D eigenvalue weighted by atomic mass is 9.89. The Kier molecular flexibility index (Phi) is 5.75. The smallest absolute Gasteiger partial charge is 0.319 e. The number of fused-ring (bicyclic) bond motifs is 3. The van der Waals surface area contributed by atoms with Crippen molar-refractivity contribution < 1.29 is 4.74 Å². The highest BCUT2D eigenvalue weighted by molar-refractivity contribution is 5.74. The minimum Gasteiger partial charge on any atom is -0.462 e. The zero-order chi connectivity index (χ0) is 21.2. The van der Waals surface area contributed by atoms with Crippen LogP contribution in [0.1, 0.15) is 30.4 Å². The highest BCUT2D eigenvalue weighted by Gasteiger charge is 2.29. The number of hydrogen-bond donors (Lipinski definition) is 1. The van der Waals surface area contributed by atoms with Crippen LogP contribution in [0, 0.1) is 11.3 Å². The van der Waals surface area contributed by atoms with Crippen LogP contribution in [0.15, 0.2) is 24.3 Å². The number of piperazine rings is 1. The molecule has 3 heterocycles. The fraction of sp³-hybridized carbons (Fsp3) is 0.542. The number of ether oxygens (including phenoxy) is 1. The van der Waals surface area contributed by atoms with Crippen molar-refractivity contribution in [1.29, 1.82) is 5.26 Å². The molecule has 2 atom stereocenters. The van der Waals surface area contributed by atoms with E-state index in [2.05, 4.69) is 52.5 Å². The SMILES string of the molecule is CN1CCC[C@H]1COc1nc2c(c(N3CCN[C@@H](CC#N)C3)n1)CCc1ccccc1-2. The molecule has 3 aliphatic rings. The Bertz CT molecular complexity index is 987. The summed E-state index contributed by atoms with van der Waals surface area (Å²) < 4.78 is 6.19. The number of likely N-dealkylation sites (N-methyl/N-ethyl adjacent to an activating group) is 1. The maximum Gasteiger partial charge on any atom is 0.319 e. The van der Waals surface area contributed by atoms with Gasteiger partial charge in [0.05, 0.1) is 18.2 Å². The molecule has 31 heavy (non-hydrogen) atoms. The van der Waals surface area contributed by atoms with Crippen LogP contribution in [0.4, 0.5) is 5.82 Å². The number of nitriles is 1. The summed E-state index contributed by atoms with van der Waals surface area (Å²) in [4.78, 5) is 14.5. The van der Waals surface area contributed by atoms with Gasteiger partial charge in [-0.05, 0) is 44.8 Å². The van der Waals surface area contributed by atoms with Crippen LogP contribution in [0.5, 0.6) is 6.01 Å². The first-order valence-electron chi connectivity index (χ1n) is 11.4. The third-order valence-electron chi connectivity index (χ3n) is 6.85. The second-order valence-electron chi connectivity index (χ2n) is 8.86. The average Bonchev–Trinajstić information content (AvgIpc) is 3.22. The van der Waals surface area contributed by atoms with Crippen LogP contribution in [0.3, 0.4) is 0 Å². The van der Waals surface area contributed by atoms with Crippen molar-refractivity contribution in [3.63, 3.8) is 0 Å². The van der Waals surface area contributed by atoms with Crippen molar-refractivity contribution in [3.05, 3.63) is 35.4 Å². The summed E-state index contributed by atoms with van der Waals surface area (Å²) in [6.07, 6.45) is 4.81. The molecular weight excluding hydrogens is 388 g/mol. The molecule has 0 saturated carbocycles. The number of aromatic nitrogens is 2. The normalized spacial score (nSPS) is 23.2. The van der Waals surface area contributed by atoms with Gasteiger partial charge in [0, 0.05) is 42.8 Å². The third kappa shape index (κ3) is 4.10. The molecule has 0 radical (unpaired) electrons. The van der Waals surface area contributed by atoms with E-state index in [0.717, 1.165) is 57.0 Å². The van der Waals surface area contributed by atoms with Gasteiger partial charge < -0.3 is 19.9 Å². The lowest BCUT2D eigenvalue weighted by Crippen LogP contribution is -2.51. The Labute approximate surface area is 184 Å². The van der Waals surface area contributed by atoms with Gasteiger partial charge in [-0.2, -0.15) is 15.2 Å². The summed E-state index contributed by atoms with van der Waals surface area (Å²) in [6, 6.07) is 11.9. The van der Waals surface area contributed by atoms with Crippen LogP contribution in [0.25, 0.3) is 11.3 Å². The number of aryl methyl sites for hydroxylation is 1. The molecule has 2 aromatic rings. The number of likely N-dealkylation sites (tertiary alicyclic amines) is 1. The van der Waals surface area contributed by atoms with Crippen molar-refractivity contribution in [1.82, 2.24) is 20.2 Å². The molecule has 1 aromatic heterocycles. The Morgan fingerprint density at radius 1 is 1.23 bits per heavy atom. The largest absolute Gasteiger partial charge is 0.462 e. The fourth-order valence-corrected chi connectivity index (χ4v) is 5.09. The van der Waals surface area contributed by atoms with Gasteiger partial charge in [0.25, 0.3) is 0 Å². The molecule has 1 N–H and O–H groups in total. The molecule has 2 aliphatic heterocycles. The molecule has 0 bridgehead atoms. The van der Waals surface area contributed by atoms with Crippen LogP contribution < -0.4 is 15.0 Å². The maximum absolute atomic E-state index is 9.16. The maximum atomic E-state index is 9.16. The summed E-state index contributed by atoms with van der Waals surface area (Å²) in [6.45, 7) is 4.25. The average molecular weight is 419 g/mol. The van der Waals surface area contributed by atoms with E-state index in [4.69, 9.17) is 20.0 Å². The Balaban J connectivity index is 1.49. The molecule has 1 aromatic carbocycles. The highest BCUT2D eigenvalue weighted by Crippen LogP contribution is 2.38. The van der Waals surface area contributed by atoms with Gasteiger partial charge >= 0.3 is 6.01 Å². The van der Waals surface area contributed by atoms with E-state index < -0.39 is 0 Å². The summed E-state index contributed by atoms with van der Waals surface area (Å²) in [5.41, 5.74) is 4.75. The Morgan fingerprint density at radius 3 is 2.97 bits per heavy atom. The first-order valence-corrected chi connectivity index (χ1v) is 11.4. The van der Waals surface area contributed by atoms with E-state index in [9.17, 15) is 0 Å². The van der Waals surface area contributed by atoms with Crippen molar-refractivity contribution in [2.45, 2.75) is 44.2 Å². The summed E-state index contributed by atoms with van der Waals surface area (Å²) in [5, 5.41) is 12.6. The van der Waals surface area contributed by atoms with Crippen molar-refractivity contribution in [2.24, 2.45) is 0 Å². The number of nitrogens with one attached hydrogen (secondary N) is 1. The zero-order valence-electron chi connectivity index (χ0n) is 18.2. The molecule has 7 nitrogen and oxygen atoms in total. The Morgan fingerprint density at radius 2 is 2.13 bits per heavy atom. The minimum atomic E-state index is 0.164. The van der Waals surface area contributed by atoms with Gasteiger partial charge in [0.15, 0.2) is 0 Å². The first kappa shape index (κ1) is 20.2. The van der Waals surface area contributed by atoms with E-state index >= 15 is 0 Å². The Hall–Kier alpha value is -2.69. The van der Waals surface area contributed by atoms with Gasteiger partial charge in [0.1, 0.15) is 12.4 Å². The summed E-state index contributed by atoms with van der Waals surface area (Å²) >= 11 is 0. The molecule has 1 aliphatic carbocycles. The van der Waals surface area contributed by atoms with Crippen LogP contribution in [0.2, 0.25) is 0 Å². The van der Waals surface area contributed by atoms with E-state index in [-0.39, 0.29) is 6.04 Å². The van der Waals surface area contributed by atoms with E-state index in [1.165, 1.54) is 23.1 Å². The third-order valence-corrected chi connectivity index (χ3v) is 6.85. The molecule has 162 valence electrons. The molecule has 0 amide bonds. The fourth-order valence-electron chi connectivity index (χ4n) is 5.09. The van der Waals surface area contributed by atoms with Crippen molar-refractivity contribution in [2.75, 3.05) is 44.7 Å². The topological polar surface area (TPSA) is 77.3 Å². The summed E-state index contributed by atoms with van der Waals surface area (Å²) in [5.74, 6) is 0.985. The van der Waals surface area contributed by atoms with Crippen molar-refractivity contribution >= 4 is 5.82 Å². The molecule has 2 fully saturated rings. The molecule has 5 rings (SSSR count). The van der Waals surface area contributed by atoms with E-state index in [1.54, 1.807) is 0 Å². The predicted octanol–water partition coefficient (Wildman–Crippen LogP) is 2.41. The quantitative estimate of drug-likeness (QED) is 0.799. The number of hydrogen-bond acceptors (Lipinski definition) is 7. The molecule has 2 saturated heterocycles. The van der Waals surface area contributed by atoms with E-state index in [0.29, 0.717) is 25.1 Å². The number of rotatable bonds is 5. The standard InChI is InChI=1S/C24H30N6O/c1-29-13-4-6-19(29)16-31-24-27-22-20-7-3-2-5-17(20)8-9-21(22)23(28-24)30-14-12-26-18(15-30)10-11-25/h2-3,5,7,18-19,26H,4,6,8-10,12-16H2,1H3/t18-,19-/m0/s1. The molecule has 0 unspecified atom stereocenters. The number of nitrogens with zero attached hydrogens (tertiary/aromatic N) is 5. The molecule has 7 heteroatoms. The van der Waals surface area contributed by atoms with E-state index in [1.807, 2.05) is 0 Å². The minimum absolute atomic E-state index is 0.164. The van der Waals surface area contributed by atoms with Crippen molar-refractivity contribution in [3.8, 4) is 23.3 Å². The second kappa shape index (κ2) is 8.81. The van der Waals surface area contributed by atoms with Gasteiger partial charge in [-0.15, -0.1) is 0 Å². The zero-order valence-corrected chi connectivity index (χ0v) is 18.2. The lowest BCUT2D eigenvalue weighted by Gasteiger charge is -2.35. The molecular formula is C24H30N6O. The number of benzene rings is 1. The first-order chi connectivity index (χ1) is 15.2. The summed E-state index contributed by atoms with van der Waals surface area (Å²) in [7, 11) is 2.16.